The van der Waals surface area contributed by atoms with Gasteiger partial charge in [0.15, 0.2) is 0 Å². The molecular formula is C16H22BF3KNO2. The Morgan fingerprint density at radius 1 is 1.25 bits per heavy atom. The minimum absolute atomic E-state index is 0. The van der Waals surface area contributed by atoms with Crippen LogP contribution in [0.1, 0.15) is 32.8 Å². The van der Waals surface area contributed by atoms with Gasteiger partial charge < -0.3 is 22.6 Å². The van der Waals surface area contributed by atoms with Crippen LogP contribution in [0.5, 0.6) is 0 Å². The maximum Gasteiger partial charge on any atom is 1.00 e. The molecule has 1 aliphatic heterocycles. The first-order valence-electron chi connectivity index (χ1n) is 7.75. The van der Waals surface area contributed by atoms with Gasteiger partial charge in [-0.15, -0.1) is 0 Å². The Hall–Kier alpha value is -0.0187. The summed E-state index contributed by atoms with van der Waals surface area (Å²) in [6.45, 7) is 0.574. The molecule has 0 saturated carbocycles. The van der Waals surface area contributed by atoms with E-state index in [1.165, 1.54) is 4.90 Å². The summed E-state index contributed by atoms with van der Waals surface area (Å²) >= 11 is 0. The first-order chi connectivity index (χ1) is 10.5. The van der Waals surface area contributed by atoms with E-state index < -0.39 is 30.4 Å². The van der Waals surface area contributed by atoms with E-state index in [1.807, 2.05) is 0 Å². The summed E-state index contributed by atoms with van der Waals surface area (Å²) in [4.78, 5) is 13.6. The Morgan fingerprint density at radius 2 is 1.83 bits per heavy atom. The van der Waals surface area contributed by atoms with Crippen molar-refractivity contribution >= 4 is 13.1 Å². The maximum atomic E-state index is 13.2. The number of rotatable bonds is 3. The van der Waals surface area contributed by atoms with Crippen molar-refractivity contribution in [2.24, 2.45) is 0 Å². The van der Waals surface area contributed by atoms with Gasteiger partial charge in [-0.05, 0) is 38.2 Å². The molecule has 128 valence electrons. The first kappa shape index (κ1) is 22.0. The van der Waals surface area contributed by atoms with Crippen LogP contribution in [0.4, 0.5) is 17.7 Å². The van der Waals surface area contributed by atoms with Gasteiger partial charge >= 0.3 is 64.5 Å². The van der Waals surface area contributed by atoms with Crippen molar-refractivity contribution in [2.75, 3.05) is 13.1 Å². The van der Waals surface area contributed by atoms with E-state index in [9.17, 15) is 17.7 Å². The Balaban J connectivity index is 0.00000288. The van der Waals surface area contributed by atoms with Crippen LogP contribution in [-0.2, 0) is 10.2 Å². The minimum Gasteiger partial charge on any atom is -0.449 e. The van der Waals surface area contributed by atoms with Gasteiger partial charge in [0, 0.05) is 13.1 Å². The molecule has 1 heterocycles. The van der Waals surface area contributed by atoms with E-state index in [0.29, 0.717) is 5.56 Å². The molecule has 1 unspecified atom stereocenters. The van der Waals surface area contributed by atoms with Crippen LogP contribution in [-0.4, -0.2) is 36.7 Å². The molecule has 1 aromatic rings. The average molecular weight is 367 g/mol. The summed E-state index contributed by atoms with van der Waals surface area (Å²) in [5, 5.41) is 0. The number of carbonyl (C=O) groups is 1. The molecule has 0 spiro atoms. The quantitative estimate of drug-likeness (QED) is 0.757. The first-order valence-corrected chi connectivity index (χ1v) is 7.75. The van der Waals surface area contributed by atoms with E-state index in [4.69, 9.17) is 4.74 Å². The molecule has 1 aromatic carbocycles. The van der Waals surface area contributed by atoms with E-state index >= 15 is 0 Å². The van der Waals surface area contributed by atoms with Crippen molar-refractivity contribution in [1.29, 1.82) is 0 Å². The molecule has 1 saturated heterocycles. The van der Waals surface area contributed by atoms with Crippen molar-refractivity contribution in [3.8, 4) is 0 Å². The fourth-order valence-electron chi connectivity index (χ4n) is 3.11. The van der Waals surface area contributed by atoms with Gasteiger partial charge in [-0.3, -0.25) is 0 Å². The molecule has 0 N–H and O–H groups in total. The van der Waals surface area contributed by atoms with Crippen LogP contribution >= 0.6 is 0 Å². The van der Waals surface area contributed by atoms with E-state index in [0.717, 1.165) is 0 Å². The predicted octanol–water partition coefficient (Wildman–Crippen LogP) is 1.42. The Bertz CT molecular complexity index is 563. The molecule has 0 bridgehead atoms. The second-order valence-electron chi connectivity index (χ2n) is 7.21. The van der Waals surface area contributed by atoms with Gasteiger partial charge in [0.1, 0.15) is 5.60 Å². The van der Waals surface area contributed by atoms with E-state index in [1.54, 1.807) is 51.1 Å². The predicted molar refractivity (Wildman–Crippen MR) is 84.4 cm³/mol. The number of nitrogens with zero attached hydrogens (tertiary/aromatic N) is 1. The van der Waals surface area contributed by atoms with Crippen LogP contribution < -0.4 is 51.4 Å². The van der Waals surface area contributed by atoms with Crippen molar-refractivity contribution in [3.05, 3.63) is 35.9 Å². The molecule has 1 amide bonds. The normalized spacial score (nSPS) is 21.3. The van der Waals surface area contributed by atoms with E-state index in [-0.39, 0.29) is 70.9 Å². The van der Waals surface area contributed by atoms with Gasteiger partial charge in [0.2, 0.25) is 0 Å². The second kappa shape index (κ2) is 8.12. The summed E-state index contributed by atoms with van der Waals surface area (Å²) in [7, 11) is 0. The molecule has 24 heavy (non-hydrogen) atoms. The Labute approximate surface area is 183 Å². The zero-order valence-electron chi connectivity index (χ0n) is 14.7. The third kappa shape index (κ3) is 6.05. The van der Waals surface area contributed by atoms with Gasteiger partial charge in [-0.25, -0.2) is 4.79 Å². The van der Waals surface area contributed by atoms with Crippen molar-refractivity contribution in [1.82, 2.24) is 4.90 Å². The third-order valence-corrected chi connectivity index (χ3v) is 4.01. The fraction of sp³-hybridized carbons (Fsp3) is 0.562. The fourth-order valence-corrected chi connectivity index (χ4v) is 3.11. The molecule has 2 rings (SSSR count). The molecule has 1 atom stereocenters. The van der Waals surface area contributed by atoms with Crippen LogP contribution in [0, 0.1) is 0 Å². The Kier molecular flexibility index (Phi) is 7.45. The number of halogens is 3. The van der Waals surface area contributed by atoms with Crippen molar-refractivity contribution in [3.63, 3.8) is 0 Å². The van der Waals surface area contributed by atoms with Crippen molar-refractivity contribution < 1.29 is 73.9 Å². The second-order valence-corrected chi connectivity index (χ2v) is 7.21. The molecule has 3 nitrogen and oxygen atoms in total. The van der Waals surface area contributed by atoms with E-state index in [2.05, 4.69) is 0 Å². The van der Waals surface area contributed by atoms with Crippen LogP contribution in [0.3, 0.4) is 0 Å². The number of ether oxygens (including phenoxy) is 1. The van der Waals surface area contributed by atoms with Gasteiger partial charge in [0.25, 0.3) is 0 Å². The SMILES string of the molecule is CC(C)(C)OC(=O)N1CCC(C[B-](F)(F)F)(c2ccccc2)C1.[K+]. The van der Waals surface area contributed by atoms with Gasteiger partial charge in [-0.2, -0.15) is 0 Å². The number of hydrogen-bond donors (Lipinski definition) is 0. The number of amides is 1. The Morgan fingerprint density at radius 3 is 2.33 bits per heavy atom. The van der Waals surface area contributed by atoms with Crippen LogP contribution in [0.2, 0.25) is 6.32 Å². The maximum absolute atomic E-state index is 13.2. The number of carbonyl (C=O) groups excluding carboxylic acids is 1. The smallest absolute Gasteiger partial charge is 0.449 e. The summed E-state index contributed by atoms with van der Waals surface area (Å²) in [5.74, 6) is 0. The molecule has 1 fully saturated rings. The summed E-state index contributed by atoms with van der Waals surface area (Å²) in [6.07, 6.45) is -1.14. The molecule has 0 aromatic heterocycles. The molecule has 0 aliphatic carbocycles. The summed E-state index contributed by atoms with van der Waals surface area (Å²) in [5.41, 5.74) is -1.11. The monoisotopic (exact) mass is 367 g/mol. The molecule has 1 aliphatic rings. The average Bonchev–Trinajstić information content (AvgIpc) is 2.81. The van der Waals surface area contributed by atoms with Crippen LogP contribution in [0.25, 0.3) is 0 Å². The molecular weight excluding hydrogens is 345 g/mol. The summed E-state index contributed by atoms with van der Waals surface area (Å²) < 4.78 is 44.8. The number of hydrogen-bond acceptors (Lipinski definition) is 2. The van der Waals surface area contributed by atoms with Crippen LogP contribution in [0.15, 0.2) is 30.3 Å². The zero-order chi connectivity index (χ0) is 17.3. The topological polar surface area (TPSA) is 29.5 Å². The number of benzene rings is 1. The van der Waals surface area contributed by atoms with Crippen molar-refractivity contribution in [2.45, 2.75) is 44.5 Å². The molecule has 0 radical (unpaired) electrons. The zero-order valence-corrected chi connectivity index (χ0v) is 17.8. The summed E-state index contributed by atoms with van der Waals surface area (Å²) in [6, 6.07) is 8.66. The van der Waals surface area contributed by atoms with Gasteiger partial charge in [0.05, 0.1) is 0 Å². The number of likely N-dealkylation sites (tertiary alicyclic amines) is 1. The standard InChI is InChI=1S/C16H22BF3NO2.K/c1-15(2,3)23-14(22)21-10-9-16(12-21,11-17(18,19)20)13-7-5-4-6-8-13;/h4-8H,9-12H2,1-3H3;/q-1;+1. The van der Waals surface area contributed by atoms with Gasteiger partial charge in [-0.1, -0.05) is 36.7 Å². The largest absolute Gasteiger partial charge is 1.00 e. The molecule has 8 heteroatoms. The minimum atomic E-state index is -4.96. The third-order valence-electron chi connectivity index (χ3n) is 4.01.